The first-order chi connectivity index (χ1) is 6.86. The van der Waals surface area contributed by atoms with Gasteiger partial charge in [0, 0.05) is 7.11 Å². The molecule has 0 amide bonds. The summed E-state index contributed by atoms with van der Waals surface area (Å²) in [5.41, 5.74) is 4.11. The quantitative estimate of drug-likeness (QED) is 0.405. The number of methoxy groups -OCH3 is 1. The molecular formula is C12H26N2O. The van der Waals surface area contributed by atoms with Crippen LogP contribution in [0.4, 0.5) is 0 Å². The summed E-state index contributed by atoms with van der Waals surface area (Å²) in [6.07, 6.45) is 1.94. The molecule has 0 fully saturated rings. The highest BCUT2D eigenvalue weighted by Crippen LogP contribution is 2.27. The first-order valence-corrected chi connectivity index (χ1v) is 5.52. The molecule has 0 saturated carbocycles. The van der Waals surface area contributed by atoms with Crippen molar-refractivity contribution in [3.8, 4) is 0 Å². The van der Waals surface area contributed by atoms with Gasteiger partial charge in [-0.2, -0.15) is 0 Å². The van der Waals surface area contributed by atoms with Crippen molar-refractivity contribution in [1.82, 2.24) is 5.43 Å². The van der Waals surface area contributed by atoms with Crippen LogP contribution in [0.5, 0.6) is 0 Å². The number of nitrogens with one attached hydrogen (secondary N) is 1. The fourth-order valence-corrected chi connectivity index (χ4v) is 1.83. The number of rotatable bonds is 6. The second kappa shape index (κ2) is 6.26. The number of hydrogen-bond donors (Lipinski definition) is 2. The Balaban J connectivity index is 4.55. The standard InChI is InChI=1S/C12H26N2O/c1-7-9(2)8-10(14-13)11(15-6)12(3,4)5/h10-11,14H,2,7-8,13H2,1,3-6H3. The second-order valence-electron chi connectivity index (χ2n) is 5.10. The van der Waals surface area contributed by atoms with E-state index < -0.39 is 0 Å². The van der Waals surface area contributed by atoms with Gasteiger partial charge >= 0.3 is 0 Å². The molecule has 2 unspecified atom stereocenters. The van der Waals surface area contributed by atoms with Crippen molar-refractivity contribution in [1.29, 1.82) is 0 Å². The third kappa shape index (κ3) is 4.78. The van der Waals surface area contributed by atoms with Crippen molar-refractivity contribution in [2.45, 2.75) is 52.7 Å². The number of hydrazine groups is 1. The van der Waals surface area contributed by atoms with E-state index in [1.54, 1.807) is 7.11 Å². The van der Waals surface area contributed by atoms with Crippen molar-refractivity contribution in [3.05, 3.63) is 12.2 Å². The summed E-state index contributed by atoms with van der Waals surface area (Å²) in [5, 5.41) is 0. The van der Waals surface area contributed by atoms with Gasteiger partial charge in [-0.1, -0.05) is 39.8 Å². The fraction of sp³-hybridized carbons (Fsp3) is 0.833. The summed E-state index contributed by atoms with van der Waals surface area (Å²) in [6.45, 7) is 12.6. The third-order valence-electron chi connectivity index (χ3n) is 2.70. The van der Waals surface area contributed by atoms with Gasteiger partial charge in [-0.15, -0.1) is 0 Å². The lowest BCUT2D eigenvalue weighted by Gasteiger charge is -2.36. The molecule has 0 aromatic rings. The molecule has 0 heterocycles. The topological polar surface area (TPSA) is 47.3 Å². The van der Waals surface area contributed by atoms with Crippen LogP contribution in [0, 0.1) is 5.41 Å². The summed E-state index contributed by atoms with van der Waals surface area (Å²) in [6, 6.07) is 0.127. The normalized spacial score (nSPS) is 16.1. The molecule has 0 aliphatic carbocycles. The molecule has 0 bridgehead atoms. The molecule has 3 heteroatoms. The van der Waals surface area contributed by atoms with Crippen LogP contribution in [-0.4, -0.2) is 19.3 Å². The molecule has 0 rings (SSSR count). The first kappa shape index (κ1) is 14.6. The molecular weight excluding hydrogens is 188 g/mol. The van der Waals surface area contributed by atoms with Crippen LogP contribution >= 0.6 is 0 Å². The Morgan fingerprint density at radius 3 is 2.27 bits per heavy atom. The Bertz CT molecular complexity index is 196. The van der Waals surface area contributed by atoms with Crippen LogP contribution in [-0.2, 0) is 4.74 Å². The highest BCUT2D eigenvalue weighted by molar-refractivity contribution is 5.00. The van der Waals surface area contributed by atoms with Gasteiger partial charge in [0.05, 0.1) is 12.1 Å². The Kier molecular flexibility index (Phi) is 6.10. The third-order valence-corrected chi connectivity index (χ3v) is 2.70. The Morgan fingerprint density at radius 1 is 1.47 bits per heavy atom. The molecule has 0 aliphatic rings. The Morgan fingerprint density at radius 2 is 2.00 bits per heavy atom. The zero-order chi connectivity index (χ0) is 12.1. The van der Waals surface area contributed by atoms with E-state index in [1.807, 2.05) is 0 Å². The van der Waals surface area contributed by atoms with Crippen LogP contribution in [0.3, 0.4) is 0 Å². The van der Waals surface area contributed by atoms with E-state index in [1.165, 1.54) is 5.57 Å². The minimum absolute atomic E-state index is 0.0693. The molecule has 0 aromatic carbocycles. The zero-order valence-corrected chi connectivity index (χ0v) is 10.8. The molecule has 0 spiro atoms. The molecule has 0 aromatic heterocycles. The van der Waals surface area contributed by atoms with E-state index in [2.05, 4.69) is 39.7 Å². The maximum absolute atomic E-state index is 5.58. The van der Waals surface area contributed by atoms with Gasteiger partial charge in [0.15, 0.2) is 0 Å². The van der Waals surface area contributed by atoms with Gasteiger partial charge in [0.25, 0.3) is 0 Å². The number of nitrogens with two attached hydrogens (primary N) is 1. The zero-order valence-electron chi connectivity index (χ0n) is 10.8. The van der Waals surface area contributed by atoms with Crippen molar-refractivity contribution in [2.24, 2.45) is 11.3 Å². The summed E-state index contributed by atoms with van der Waals surface area (Å²) < 4.78 is 5.53. The number of hydrogen-bond acceptors (Lipinski definition) is 3. The van der Waals surface area contributed by atoms with Crippen molar-refractivity contribution >= 4 is 0 Å². The second-order valence-corrected chi connectivity index (χ2v) is 5.10. The molecule has 0 radical (unpaired) electrons. The average molecular weight is 214 g/mol. The maximum Gasteiger partial charge on any atom is 0.0788 e. The minimum Gasteiger partial charge on any atom is -0.379 e. The van der Waals surface area contributed by atoms with E-state index in [0.717, 1.165) is 12.8 Å². The molecule has 2 atom stereocenters. The lowest BCUT2D eigenvalue weighted by Crippen LogP contribution is -2.50. The van der Waals surface area contributed by atoms with Crippen molar-refractivity contribution in [3.63, 3.8) is 0 Å². The highest BCUT2D eigenvalue weighted by atomic mass is 16.5. The highest BCUT2D eigenvalue weighted by Gasteiger charge is 2.31. The summed E-state index contributed by atoms with van der Waals surface area (Å²) in [5.74, 6) is 5.58. The monoisotopic (exact) mass is 214 g/mol. The van der Waals surface area contributed by atoms with Crippen LogP contribution < -0.4 is 11.3 Å². The average Bonchev–Trinajstić information content (AvgIpc) is 2.14. The van der Waals surface area contributed by atoms with E-state index in [4.69, 9.17) is 10.6 Å². The van der Waals surface area contributed by atoms with Gasteiger partial charge in [0.1, 0.15) is 0 Å². The van der Waals surface area contributed by atoms with Gasteiger partial charge in [0.2, 0.25) is 0 Å². The van der Waals surface area contributed by atoms with Crippen LogP contribution in [0.15, 0.2) is 12.2 Å². The van der Waals surface area contributed by atoms with E-state index >= 15 is 0 Å². The van der Waals surface area contributed by atoms with Crippen LogP contribution in [0.1, 0.15) is 40.5 Å². The van der Waals surface area contributed by atoms with Gasteiger partial charge in [-0.05, 0) is 18.3 Å². The lowest BCUT2D eigenvalue weighted by molar-refractivity contribution is -0.0111. The molecule has 0 saturated heterocycles. The molecule has 90 valence electrons. The van der Waals surface area contributed by atoms with Gasteiger partial charge in [-0.25, -0.2) is 0 Å². The summed E-state index contributed by atoms with van der Waals surface area (Å²) in [4.78, 5) is 0. The predicted octanol–water partition coefficient (Wildman–Crippen LogP) is 2.24. The molecule has 3 nitrogen and oxygen atoms in total. The van der Waals surface area contributed by atoms with Crippen molar-refractivity contribution < 1.29 is 4.74 Å². The predicted molar refractivity (Wildman–Crippen MR) is 65.4 cm³/mol. The van der Waals surface area contributed by atoms with Crippen molar-refractivity contribution in [2.75, 3.05) is 7.11 Å². The fourth-order valence-electron chi connectivity index (χ4n) is 1.83. The van der Waals surface area contributed by atoms with Crippen LogP contribution in [0.25, 0.3) is 0 Å². The van der Waals surface area contributed by atoms with E-state index in [-0.39, 0.29) is 17.6 Å². The summed E-state index contributed by atoms with van der Waals surface area (Å²) in [7, 11) is 1.73. The van der Waals surface area contributed by atoms with E-state index in [0.29, 0.717) is 0 Å². The van der Waals surface area contributed by atoms with Gasteiger partial charge < -0.3 is 4.74 Å². The van der Waals surface area contributed by atoms with Gasteiger partial charge in [-0.3, -0.25) is 11.3 Å². The summed E-state index contributed by atoms with van der Waals surface area (Å²) >= 11 is 0. The maximum atomic E-state index is 5.58. The largest absolute Gasteiger partial charge is 0.379 e. The SMILES string of the molecule is C=C(CC)CC(NN)C(OC)C(C)(C)C. The van der Waals surface area contributed by atoms with Crippen LogP contribution in [0.2, 0.25) is 0 Å². The molecule has 3 N–H and O–H groups in total. The Labute approximate surface area is 94.0 Å². The lowest BCUT2D eigenvalue weighted by atomic mass is 9.82. The molecule has 0 aliphatic heterocycles. The first-order valence-electron chi connectivity index (χ1n) is 5.52. The molecule has 15 heavy (non-hydrogen) atoms. The minimum atomic E-state index is 0.0693. The smallest absolute Gasteiger partial charge is 0.0788 e. The number of ether oxygens (including phenoxy) is 1. The van der Waals surface area contributed by atoms with E-state index in [9.17, 15) is 0 Å². The Hall–Kier alpha value is -0.380.